The van der Waals surface area contributed by atoms with Crippen molar-refractivity contribution in [1.29, 1.82) is 0 Å². The summed E-state index contributed by atoms with van der Waals surface area (Å²) >= 11 is 0. The molecule has 28 heteroatoms. The van der Waals surface area contributed by atoms with E-state index in [1.54, 1.807) is 16.8 Å². The SMILES string of the molecule is Cn1nc(COC(F)(F)F)cc1C(=O)Nc1cc([C@@H]2C[C@@H](F)[C@H](N(C(=O)O)C34CC(C3)C4)C2)nn1C(C)(C)C.Cn1nc(COC(F)(F)F)cc1C(=O)Nc1cc([C@@H]2C[C@@H](F)[C@H](OC(=O)NC34CC(C3)C4)C2)[nH]n1. The number of amides is 4. The number of alkyl carbamates (subject to hydrolysis) is 1. The van der Waals surface area contributed by atoms with Crippen LogP contribution in [0.15, 0.2) is 24.3 Å². The van der Waals surface area contributed by atoms with E-state index >= 15 is 4.39 Å². The Morgan fingerprint density at radius 1 is 0.757 bits per heavy atom. The molecule has 404 valence electrons. The highest BCUT2D eigenvalue weighted by Gasteiger charge is 2.64. The Balaban J connectivity index is 0.000000183. The van der Waals surface area contributed by atoms with Gasteiger partial charge in [-0.2, -0.15) is 20.4 Å². The molecule has 4 aromatic rings. The first kappa shape index (κ1) is 52.5. The fourth-order valence-corrected chi connectivity index (χ4v) is 11.3. The highest BCUT2D eigenvalue weighted by Crippen LogP contribution is 2.62. The zero-order valence-corrected chi connectivity index (χ0v) is 40.8. The highest BCUT2D eigenvalue weighted by atomic mass is 19.4. The number of hydrogen-bond donors (Lipinski definition) is 5. The topological polar surface area (TPSA) is 238 Å². The number of anilines is 2. The second-order valence-electron chi connectivity index (χ2n) is 21.5. The Hall–Kier alpha value is -6.32. The lowest BCUT2D eigenvalue weighted by atomic mass is 9.49. The number of carboxylic acid groups (broad SMARTS) is 1. The molecular formula is C46H56F8N12O8. The van der Waals surface area contributed by atoms with Crippen LogP contribution in [-0.4, -0.2) is 122 Å². The van der Waals surface area contributed by atoms with Crippen LogP contribution in [-0.2, 0) is 47.1 Å². The van der Waals surface area contributed by atoms with E-state index in [1.807, 2.05) is 20.8 Å². The molecule has 12 rings (SSSR count). The number of aromatic nitrogens is 8. The molecule has 0 radical (unpaired) electrons. The normalized spacial score (nSPS) is 28.7. The maximum atomic E-state index is 15.3. The minimum absolute atomic E-state index is 0.00297. The van der Waals surface area contributed by atoms with Crippen LogP contribution in [0, 0.1) is 11.8 Å². The van der Waals surface area contributed by atoms with Gasteiger partial charge in [0, 0.05) is 54.8 Å². The molecule has 0 unspecified atom stereocenters. The molecule has 0 saturated heterocycles. The summed E-state index contributed by atoms with van der Waals surface area (Å²) in [6, 6.07) is 4.83. The fraction of sp³-hybridized carbons (Fsp3) is 0.652. The van der Waals surface area contributed by atoms with Crippen molar-refractivity contribution in [3.63, 3.8) is 0 Å². The van der Waals surface area contributed by atoms with Crippen LogP contribution in [0.4, 0.5) is 56.3 Å². The van der Waals surface area contributed by atoms with Gasteiger partial charge in [-0.15, -0.1) is 26.3 Å². The number of aryl methyl sites for hydroxylation is 2. The number of halogens is 8. The largest absolute Gasteiger partial charge is 0.522 e. The second-order valence-corrected chi connectivity index (χ2v) is 21.5. The van der Waals surface area contributed by atoms with Gasteiger partial charge in [0.15, 0.2) is 5.82 Å². The number of hydrogen-bond acceptors (Lipinski definition) is 11. The van der Waals surface area contributed by atoms with Gasteiger partial charge in [-0.1, -0.05) is 0 Å². The average Bonchev–Trinajstić information content (AvgIpc) is 4.10. The van der Waals surface area contributed by atoms with E-state index in [-0.39, 0.29) is 65.2 Å². The van der Waals surface area contributed by atoms with Gasteiger partial charge >= 0.3 is 24.9 Å². The van der Waals surface area contributed by atoms with Crippen LogP contribution in [0.25, 0.3) is 0 Å². The zero-order chi connectivity index (χ0) is 53.4. The number of carbonyl (C=O) groups excluding carboxylic acids is 3. The minimum atomic E-state index is -4.83. The summed E-state index contributed by atoms with van der Waals surface area (Å²) in [4.78, 5) is 51.3. The molecule has 5 N–H and O–H groups in total. The Labute approximate surface area is 417 Å². The number of aromatic amines is 1. The Morgan fingerprint density at radius 2 is 1.31 bits per heavy atom. The van der Waals surface area contributed by atoms with Crippen molar-refractivity contribution in [3.8, 4) is 0 Å². The molecule has 20 nitrogen and oxygen atoms in total. The van der Waals surface area contributed by atoms with Crippen LogP contribution in [0.1, 0.15) is 141 Å². The number of ether oxygens (including phenoxy) is 3. The molecule has 4 aromatic heterocycles. The first-order chi connectivity index (χ1) is 34.5. The van der Waals surface area contributed by atoms with Crippen molar-refractivity contribution in [2.75, 3.05) is 10.6 Å². The van der Waals surface area contributed by atoms with E-state index in [1.165, 1.54) is 31.1 Å². The number of alkyl halides is 8. The molecule has 4 heterocycles. The van der Waals surface area contributed by atoms with Gasteiger partial charge < -0.3 is 25.8 Å². The lowest BCUT2D eigenvalue weighted by Gasteiger charge is -2.66. The van der Waals surface area contributed by atoms with Crippen molar-refractivity contribution < 1.29 is 73.6 Å². The maximum absolute atomic E-state index is 15.3. The molecule has 8 fully saturated rings. The smallest absolute Gasteiger partial charge is 0.465 e. The number of carbonyl (C=O) groups is 4. The van der Waals surface area contributed by atoms with Gasteiger partial charge in [0.1, 0.15) is 48.9 Å². The van der Waals surface area contributed by atoms with Gasteiger partial charge in [-0.25, -0.2) is 23.1 Å². The molecule has 0 aliphatic heterocycles. The molecule has 8 aliphatic carbocycles. The third kappa shape index (κ3) is 11.1. The van der Waals surface area contributed by atoms with Crippen LogP contribution >= 0.6 is 0 Å². The zero-order valence-electron chi connectivity index (χ0n) is 40.8. The van der Waals surface area contributed by atoms with Crippen LogP contribution in [0.2, 0.25) is 0 Å². The Kier molecular flexibility index (Phi) is 13.6. The monoisotopic (exact) mass is 1060 g/mol. The van der Waals surface area contributed by atoms with Gasteiger partial charge in [0.2, 0.25) is 0 Å². The molecular weight excluding hydrogens is 1000 g/mol. The van der Waals surface area contributed by atoms with E-state index in [0.29, 0.717) is 35.5 Å². The Morgan fingerprint density at radius 3 is 1.81 bits per heavy atom. The molecule has 4 bridgehead atoms. The van der Waals surface area contributed by atoms with Crippen molar-refractivity contribution in [3.05, 3.63) is 58.4 Å². The third-order valence-electron chi connectivity index (χ3n) is 15.0. The van der Waals surface area contributed by atoms with Gasteiger partial charge in [-0.05, 0) is 109 Å². The summed E-state index contributed by atoms with van der Waals surface area (Å²) in [5.41, 5.74) is -0.174. The van der Waals surface area contributed by atoms with Gasteiger partial charge in [-0.3, -0.25) is 38.4 Å². The molecule has 4 amide bonds. The highest BCUT2D eigenvalue weighted by molar-refractivity contribution is 6.03. The number of rotatable bonds is 14. The van der Waals surface area contributed by atoms with Crippen LogP contribution < -0.4 is 16.0 Å². The summed E-state index contributed by atoms with van der Waals surface area (Å²) < 4.78 is 120. The van der Waals surface area contributed by atoms with E-state index in [4.69, 9.17) is 4.74 Å². The fourth-order valence-electron chi connectivity index (χ4n) is 11.3. The summed E-state index contributed by atoms with van der Waals surface area (Å²) in [5.74, 6) is -0.182. The first-order valence-corrected chi connectivity index (χ1v) is 24.1. The summed E-state index contributed by atoms with van der Waals surface area (Å²) in [7, 11) is 2.84. The lowest BCUT2D eigenvalue weighted by molar-refractivity contribution is -0.331. The molecule has 6 atom stereocenters. The molecule has 8 aliphatic rings. The van der Waals surface area contributed by atoms with E-state index in [0.717, 1.165) is 47.9 Å². The standard InChI is InChI=1S/C25H32F4N6O4.C21H24F4N6O4/c1-23(2,3)35-20(30-21(36)19-7-15(31-33(19)4)12-39-25(27,28)29)8-17(32-35)14-5-16(26)18(6-14)34(22(37)38)24-9-13(10-24)11-24;1-31-15(4-12(30-31)9-34-21(23,24)25)18(32)26-17-5-14(28-29-17)11-2-13(22)16(3-11)35-19(33)27-20-6-10(7-20)8-20/h7-8,13-14,16,18H,5-6,9-12H2,1-4H3,(H,30,36)(H,37,38);4-5,10-11,13,16H,2-3,6-9H2,1H3,(H,27,33)(H2,26,28,29,32)/t13?,14-,16-,18-,24?;10?,11-,13-,16-,20?/m11/s1. The van der Waals surface area contributed by atoms with E-state index < -0.39 is 85.5 Å². The molecule has 0 aromatic carbocycles. The average molecular weight is 1060 g/mol. The maximum Gasteiger partial charge on any atom is 0.522 e. The first-order valence-electron chi connectivity index (χ1n) is 24.1. The second kappa shape index (κ2) is 19.1. The predicted octanol–water partition coefficient (Wildman–Crippen LogP) is 8.07. The van der Waals surface area contributed by atoms with E-state index in [9.17, 15) is 55.0 Å². The van der Waals surface area contributed by atoms with Crippen molar-refractivity contribution in [2.45, 2.75) is 164 Å². The predicted molar refractivity (Wildman–Crippen MR) is 241 cm³/mol. The van der Waals surface area contributed by atoms with Gasteiger partial charge in [0.25, 0.3) is 11.8 Å². The quantitative estimate of drug-likeness (QED) is 0.0754. The lowest BCUT2D eigenvalue weighted by Crippen LogP contribution is -2.72. The third-order valence-corrected chi connectivity index (χ3v) is 15.0. The molecule has 0 spiro atoms. The van der Waals surface area contributed by atoms with Crippen LogP contribution in [0.5, 0.6) is 0 Å². The van der Waals surface area contributed by atoms with Crippen molar-refractivity contribution in [1.82, 2.24) is 49.8 Å². The number of nitrogens with one attached hydrogen (secondary N) is 4. The number of H-pyrrole nitrogens is 1. The summed E-state index contributed by atoms with van der Waals surface area (Å²) in [5, 5.41) is 37.3. The summed E-state index contributed by atoms with van der Waals surface area (Å²) in [6.45, 7) is 3.96. The summed E-state index contributed by atoms with van der Waals surface area (Å²) in [6.07, 6.45) is -8.80. The van der Waals surface area contributed by atoms with E-state index in [2.05, 4.69) is 50.9 Å². The molecule has 8 saturated carbocycles. The Bertz CT molecular complexity index is 2750. The van der Waals surface area contributed by atoms with Crippen LogP contribution in [0.3, 0.4) is 0 Å². The van der Waals surface area contributed by atoms with Gasteiger partial charge in [0.05, 0.1) is 28.7 Å². The number of nitrogens with zero attached hydrogens (tertiary/aromatic N) is 8. The van der Waals surface area contributed by atoms with Crippen molar-refractivity contribution >= 4 is 35.6 Å². The van der Waals surface area contributed by atoms with Crippen molar-refractivity contribution in [2.24, 2.45) is 25.9 Å². The minimum Gasteiger partial charge on any atom is -0.465 e. The molecule has 74 heavy (non-hydrogen) atoms.